The molecule has 33 heavy (non-hydrogen) atoms. The molecule has 0 saturated carbocycles. The number of hydrogen-bond donors (Lipinski definition) is 3. The van der Waals surface area contributed by atoms with E-state index in [0.29, 0.717) is 17.3 Å². The summed E-state index contributed by atoms with van der Waals surface area (Å²) in [7, 11) is 1.59. The first kappa shape index (κ1) is 21.6. The second kappa shape index (κ2) is 8.30. The summed E-state index contributed by atoms with van der Waals surface area (Å²) in [5, 5.41) is 33.2. The van der Waals surface area contributed by atoms with Gasteiger partial charge in [0.2, 0.25) is 5.88 Å². The summed E-state index contributed by atoms with van der Waals surface area (Å²) in [6.45, 7) is 3.80. The number of hydrogen-bond acceptors (Lipinski definition) is 7. The maximum absolute atomic E-state index is 11.4. The molecule has 0 fully saturated rings. The predicted octanol–water partition coefficient (Wildman–Crippen LogP) is 4.41. The summed E-state index contributed by atoms with van der Waals surface area (Å²) in [5.74, 6) is 0.483. The standard InChI is InChI=1S/C25H26N4O3S/c1-25(2,14-30)22-19-20(27-28-22)24(31)29(21(19)18-5-4-11-26-23(18)32-3)17-8-6-15(7-9-17)16-10-12-33-13-16/h4-13,21,24,30-31H,14H2,1-3H3,(H,27,28). The first-order valence-corrected chi connectivity index (χ1v) is 11.7. The average Bonchev–Trinajstić information content (AvgIpc) is 3.57. The molecule has 0 bridgehead atoms. The summed E-state index contributed by atoms with van der Waals surface area (Å²) in [6, 6.07) is 13.7. The van der Waals surface area contributed by atoms with Crippen LogP contribution in [0.4, 0.5) is 5.69 Å². The third kappa shape index (κ3) is 3.51. The summed E-state index contributed by atoms with van der Waals surface area (Å²) in [6.07, 6.45) is 0.736. The molecule has 2 atom stereocenters. The van der Waals surface area contributed by atoms with E-state index >= 15 is 0 Å². The zero-order valence-electron chi connectivity index (χ0n) is 18.7. The van der Waals surface area contributed by atoms with Crippen molar-refractivity contribution in [1.82, 2.24) is 15.2 Å². The van der Waals surface area contributed by atoms with E-state index in [-0.39, 0.29) is 6.61 Å². The lowest BCUT2D eigenvalue weighted by molar-refractivity contribution is 0.172. The van der Waals surface area contributed by atoms with Crippen LogP contribution in [0.15, 0.2) is 59.4 Å². The minimum Gasteiger partial charge on any atom is -0.481 e. The van der Waals surface area contributed by atoms with Crippen LogP contribution in [0.1, 0.15) is 48.6 Å². The smallest absolute Gasteiger partial charge is 0.218 e. The molecular weight excluding hydrogens is 436 g/mol. The average molecular weight is 463 g/mol. The Morgan fingerprint density at radius 3 is 2.61 bits per heavy atom. The van der Waals surface area contributed by atoms with E-state index in [2.05, 4.69) is 44.1 Å². The summed E-state index contributed by atoms with van der Waals surface area (Å²) < 4.78 is 5.59. The molecule has 7 nitrogen and oxygen atoms in total. The predicted molar refractivity (Wildman–Crippen MR) is 129 cm³/mol. The Bertz CT molecular complexity index is 1250. The molecule has 0 spiro atoms. The normalized spacial score (nSPS) is 17.9. The van der Waals surface area contributed by atoms with E-state index in [1.807, 2.05) is 43.0 Å². The van der Waals surface area contributed by atoms with Crippen molar-refractivity contribution in [1.29, 1.82) is 0 Å². The number of pyridine rings is 1. The number of methoxy groups -OCH3 is 1. The molecule has 8 heteroatoms. The molecule has 3 aromatic heterocycles. The number of rotatable bonds is 6. The van der Waals surface area contributed by atoms with Gasteiger partial charge in [0.1, 0.15) is 0 Å². The highest BCUT2D eigenvalue weighted by Gasteiger charge is 2.46. The molecule has 0 saturated heterocycles. The van der Waals surface area contributed by atoms with Gasteiger partial charge in [-0.05, 0) is 52.2 Å². The Kier molecular flexibility index (Phi) is 5.44. The second-order valence-electron chi connectivity index (χ2n) is 8.79. The van der Waals surface area contributed by atoms with Crippen LogP contribution in [0.3, 0.4) is 0 Å². The first-order valence-electron chi connectivity index (χ1n) is 10.7. The Labute approximate surface area is 196 Å². The summed E-state index contributed by atoms with van der Waals surface area (Å²) in [4.78, 5) is 6.34. The highest BCUT2D eigenvalue weighted by atomic mass is 32.1. The minimum atomic E-state index is -0.947. The number of aromatic nitrogens is 3. The van der Waals surface area contributed by atoms with Crippen molar-refractivity contribution in [3.8, 4) is 17.0 Å². The van der Waals surface area contributed by atoms with Gasteiger partial charge >= 0.3 is 0 Å². The first-order chi connectivity index (χ1) is 16.0. The van der Waals surface area contributed by atoms with Crippen LogP contribution in [-0.4, -0.2) is 39.1 Å². The molecule has 0 radical (unpaired) electrons. The third-order valence-electron chi connectivity index (χ3n) is 6.25. The van der Waals surface area contributed by atoms with E-state index in [1.165, 1.54) is 5.56 Å². The van der Waals surface area contributed by atoms with E-state index in [9.17, 15) is 10.2 Å². The van der Waals surface area contributed by atoms with Gasteiger partial charge in [0.25, 0.3) is 0 Å². The number of thiophene rings is 1. The molecule has 1 aliphatic heterocycles. The molecular formula is C25H26N4O3S. The monoisotopic (exact) mass is 462 g/mol. The Hall–Kier alpha value is -3.20. The molecule has 0 aliphatic carbocycles. The number of nitrogens with one attached hydrogen (secondary N) is 1. The number of aromatic amines is 1. The van der Waals surface area contributed by atoms with Crippen LogP contribution in [0.5, 0.6) is 5.88 Å². The third-order valence-corrected chi connectivity index (χ3v) is 6.93. The Morgan fingerprint density at radius 1 is 1.15 bits per heavy atom. The van der Waals surface area contributed by atoms with Crippen LogP contribution in [0.2, 0.25) is 0 Å². The van der Waals surface area contributed by atoms with Crippen molar-refractivity contribution in [2.24, 2.45) is 0 Å². The zero-order valence-corrected chi connectivity index (χ0v) is 19.5. The lowest BCUT2D eigenvalue weighted by Crippen LogP contribution is -2.30. The van der Waals surface area contributed by atoms with Crippen LogP contribution >= 0.6 is 11.3 Å². The zero-order chi connectivity index (χ0) is 23.2. The topological polar surface area (TPSA) is 94.5 Å². The van der Waals surface area contributed by atoms with Crippen LogP contribution in [0.25, 0.3) is 11.1 Å². The fourth-order valence-electron chi connectivity index (χ4n) is 4.48. The molecule has 3 N–H and O–H groups in total. The van der Waals surface area contributed by atoms with E-state index in [0.717, 1.165) is 22.4 Å². The molecule has 2 unspecified atom stereocenters. The number of fused-ring (bicyclic) bond motifs is 1. The number of benzene rings is 1. The lowest BCUT2D eigenvalue weighted by Gasteiger charge is -2.32. The van der Waals surface area contributed by atoms with Gasteiger partial charge in [-0.3, -0.25) is 5.10 Å². The fourth-order valence-corrected chi connectivity index (χ4v) is 5.15. The number of aliphatic hydroxyl groups excluding tert-OH is 2. The molecule has 1 aliphatic rings. The largest absolute Gasteiger partial charge is 0.481 e. The van der Waals surface area contributed by atoms with Gasteiger partial charge in [-0.25, -0.2) is 4.98 Å². The molecule has 4 heterocycles. The second-order valence-corrected chi connectivity index (χ2v) is 9.57. The van der Waals surface area contributed by atoms with E-state index < -0.39 is 17.7 Å². The highest BCUT2D eigenvalue weighted by molar-refractivity contribution is 7.08. The maximum atomic E-state index is 11.4. The molecule has 4 aromatic rings. The van der Waals surface area contributed by atoms with Crippen LogP contribution < -0.4 is 9.64 Å². The van der Waals surface area contributed by atoms with Gasteiger partial charge in [0, 0.05) is 28.4 Å². The SMILES string of the molecule is COc1ncccc1C1c2c(C(C)(C)CO)n[nH]c2C(O)N1c1ccc(-c2ccsc2)cc1. The number of ether oxygens (including phenoxy) is 1. The minimum absolute atomic E-state index is 0.0768. The Morgan fingerprint density at radius 2 is 1.94 bits per heavy atom. The van der Waals surface area contributed by atoms with Crippen molar-refractivity contribution in [2.75, 3.05) is 18.6 Å². The highest BCUT2D eigenvalue weighted by Crippen LogP contribution is 2.51. The summed E-state index contributed by atoms with van der Waals surface area (Å²) >= 11 is 1.66. The van der Waals surface area contributed by atoms with Crippen molar-refractivity contribution < 1.29 is 14.9 Å². The number of nitrogens with zero attached hydrogens (tertiary/aromatic N) is 3. The van der Waals surface area contributed by atoms with Gasteiger partial charge < -0.3 is 19.8 Å². The summed E-state index contributed by atoms with van der Waals surface area (Å²) in [5.41, 5.74) is 5.53. The number of aliphatic hydroxyl groups is 2. The maximum Gasteiger partial charge on any atom is 0.218 e. The lowest BCUT2D eigenvalue weighted by atomic mass is 9.84. The quantitative estimate of drug-likeness (QED) is 0.393. The fraction of sp³-hybridized carbons (Fsp3) is 0.280. The van der Waals surface area contributed by atoms with Crippen molar-refractivity contribution >= 4 is 17.0 Å². The molecule has 5 rings (SSSR count). The molecule has 170 valence electrons. The van der Waals surface area contributed by atoms with Crippen molar-refractivity contribution in [3.05, 3.63) is 81.9 Å². The molecule has 0 amide bonds. The molecule has 1 aromatic carbocycles. The number of H-pyrrole nitrogens is 1. The van der Waals surface area contributed by atoms with Gasteiger partial charge in [-0.15, -0.1) is 0 Å². The van der Waals surface area contributed by atoms with Crippen molar-refractivity contribution in [2.45, 2.75) is 31.5 Å². The van der Waals surface area contributed by atoms with Gasteiger partial charge in [-0.1, -0.05) is 26.0 Å². The van der Waals surface area contributed by atoms with Crippen LogP contribution in [0, 0.1) is 0 Å². The Balaban J connectivity index is 1.67. The van der Waals surface area contributed by atoms with Gasteiger partial charge in [0.15, 0.2) is 6.23 Å². The van der Waals surface area contributed by atoms with E-state index in [4.69, 9.17) is 4.74 Å². The van der Waals surface area contributed by atoms with Crippen molar-refractivity contribution in [3.63, 3.8) is 0 Å². The number of anilines is 1. The van der Waals surface area contributed by atoms with E-state index in [1.54, 1.807) is 24.6 Å². The van der Waals surface area contributed by atoms with Gasteiger partial charge in [-0.2, -0.15) is 16.4 Å². The van der Waals surface area contributed by atoms with Gasteiger partial charge in [0.05, 0.1) is 31.1 Å². The van der Waals surface area contributed by atoms with Crippen LogP contribution in [-0.2, 0) is 5.41 Å².